The Kier molecular flexibility index (Phi) is 11.0. The van der Waals surface area contributed by atoms with Gasteiger partial charge in [-0.3, -0.25) is 0 Å². The average molecular weight is 1250 g/mol. The number of H-pyrrole nitrogens is 2. The molecule has 12 heteroatoms. The predicted octanol–water partition coefficient (Wildman–Crippen LogP) is 17.4. The molecule has 5 heterocycles. The molecule has 0 fully saturated rings. The van der Waals surface area contributed by atoms with E-state index in [1.165, 1.54) is 0 Å². The number of hydrogen-bond donors (Lipinski definition) is 2. The first-order valence-electron chi connectivity index (χ1n) is 17.0. The lowest BCUT2D eigenvalue weighted by Crippen LogP contribution is -1.92. The Morgan fingerprint density at radius 3 is 0.661 bits per heavy atom. The summed E-state index contributed by atoms with van der Waals surface area (Å²) in [5.74, 6) is 0. The first kappa shape index (κ1) is 38.8. The third kappa shape index (κ3) is 6.89. The number of halogens is 8. The molecule has 4 nitrogen and oxygen atoms in total. The third-order valence-corrected chi connectivity index (χ3v) is 14.9. The second kappa shape index (κ2) is 15.8. The Balaban J connectivity index is 1.55. The summed E-state index contributed by atoms with van der Waals surface area (Å²) >= 11 is 31.1. The topological polar surface area (TPSA) is 57.4 Å². The lowest BCUT2D eigenvalue weighted by Gasteiger charge is -2.12. The lowest BCUT2D eigenvalue weighted by atomic mass is 10.0. The minimum Gasteiger partial charge on any atom is -0.354 e. The molecule has 2 N–H and O–H groups in total. The number of benzene rings is 4. The number of aromatic nitrogens is 4. The normalized spacial score (nSPS) is 12.1. The second-order valence-electron chi connectivity index (χ2n) is 12.9. The number of nitrogens with zero attached hydrogens (tertiary/aromatic N) is 2. The molecule has 56 heavy (non-hydrogen) atoms. The van der Waals surface area contributed by atoms with Crippen molar-refractivity contribution in [3.63, 3.8) is 0 Å². The first-order valence-corrected chi connectivity index (χ1v) is 23.4. The third-order valence-electron chi connectivity index (χ3n) is 9.60. The molecule has 0 atom stereocenters. The molecule has 274 valence electrons. The van der Waals surface area contributed by atoms with E-state index < -0.39 is 0 Å². The summed E-state index contributed by atoms with van der Waals surface area (Å²) in [5, 5.41) is 0. The van der Waals surface area contributed by atoms with Crippen LogP contribution in [0.2, 0.25) is 0 Å². The van der Waals surface area contributed by atoms with E-state index in [1.807, 2.05) is 24.3 Å². The van der Waals surface area contributed by atoms with Crippen LogP contribution in [0.4, 0.5) is 0 Å². The minimum atomic E-state index is 0.808. The van der Waals surface area contributed by atoms with Crippen molar-refractivity contribution in [1.29, 1.82) is 0 Å². The fourth-order valence-corrected chi connectivity index (χ4v) is 12.8. The van der Waals surface area contributed by atoms with Gasteiger partial charge in [-0.2, -0.15) is 0 Å². The van der Waals surface area contributed by atoms with Crippen molar-refractivity contribution in [3.05, 3.63) is 156 Å². The van der Waals surface area contributed by atoms with Crippen molar-refractivity contribution in [2.45, 2.75) is 0 Å². The van der Waals surface area contributed by atoms with E-state index in [9.17, 15) is 0 Å². The van der Waals surface area contributed by atoms with Gasteiger partial charge >= 0.3 is 0 Å². The van der Waals surface area contributed by atoms with E-state index in [2.05, 4.69) is 235 Å². The molecule has 3 aromatic heterocycles. The predicted molar refractivity (Wildman–Crippen MR) is 262 cm³/mol. The molecule has 7 aromatic rings. The van der Waals surface area contributed by atoms with Gasteiger partial charge < -0.3 is 9.97 Å². The highest BCUT2D eigenvalue weighted by Crippen LogP contribution is 2.46. The zero-order valence-corrected chi connectivity index (χ0v) is 41.2. The van der Waals surface area contributed by atoms with Crippen molar-refractivity contribution in [1.82, 2.24) is 19.9 Å². The van der Waals surface area contributed by atoms with Crippen LogP contribution in [-0.2, 0) is 0 Å². The molecule has 8 bridgehead atoms. The monoisotopic (exact) mass is 1240 g/mol. The smallest absolute Gasteiger partial charge is 0.0738 e. The maximum absolute atomic E-state index is 5.46. The van der Waals surface area contributed by atoms with Gasteiger partial charge in [0.05, 0.1) is 22.8 Å². The van der Waals surface area contributed by atoms with Crippen molar-refractivity contribution < 1.29 is 0 Å². The van der Waals surface area contributed by atoms with Crippen LogP contribution in [0.1, 0.15) is 22.8 Å². The zero-order valence-electron chi connectivity index (χ0n) is 28.5. The van der Waals surface area contributed by atoms with Crippen molar-refractivity contribution in [3.8, 4) is 44.5 Å². The lowest BCUT2D eigenvalue weighted by molar-refractivity contribution is 1.30. The second-order valence-corrected chi connectivity index (χ2v) is 19.7. The van der Waals surface area contributed by atoms with Crippen LogP contribution in [-0.4, -0.2) is 19.9 Å². The molecule has 4 aromatic carbocycles. The molecule has 0 amide bonds. The fraction of sp³-hybridized carbons (Fsp3) is 0. The summed E-state index contributed by atoms with van der Waals surface area (Å²) < 4.78 is 7.48. The summed E-state index contributed by atoms with van der Waals surface area (Å²) in [6.45, 7) is 0. The zero-order chi connectivity index (χ0) is 38.8. The maximum atomic E-state index is 5.46. The standard InChI is InChI=1S/C44H22Br8N4/c45-21-5-1-6-22(46)37(21)41-29-13-15-31(53-29)42(38-23(47)7-2-8-24(38)48)33-17-19-35(55-33)44(40-27(51)11-4-12-28(40)52)36-20-18-34(56-36)43(32-16-14-30(41)54-32)39-25(49)9-3-10-26(39)50/h1-20,53,56H. The molecular weight excluding hydrogens is 1220 g/mol. The summed E-state index contributed by atoms with van der Waals surface area (Å²) in [6, 6.07) is 33.0. The molecular formula is C44H22Br8N4. The van der Waals surface area contributed by atoms with Crippen LogP contribution in [0, 0.1) is 0 Å². The van der Waals surface area contributed by atoms with E-state index in [4.69, 9.17) is 9.97 Å². The van der Waals surface area contributed by atoms with Gasteiger partial charge in [-0.25, -0.2) is 9.97 Å². The number of nitrogens with one attached hydrogen (secondary N) is 2. The van der Waals surface area contributed by atoms with Crippen LogP contribution < -0.4 is 0 Å². The van der Waals surface area contributed by atoms with E-state index in [-0.39, 0.29) is 0 Å². The highest BCUT2D eigenvalue weighted by Gasteiger charge is 2.24. The molecule has 2 aliphatic rings. The van der Waals surface area contributed by atoms with E-state index in [1.54, 1.807) is 0 Å². The largest absolute Gasteiger partial charge is 0.354 e. The number of rotatable bonds is 4. The Morgan fingerprint density at radius 2 is 0.464 bits per heavy atom. The van der Waals surface area contributed by atoms with Crippen molar-refractivity contribution in [2.24, 2.45) is 0 Å². The van der Waals surface area contributed by atoms with E-state index in [0.717, 1.165) is 125 Å². The molecule has 0 radical (unpaired) electrons. The fourth-order valence-electron chi connectivity index (χ4n) is 7.20. The minimum absolute atomic E-state index is 0.808. The molecule has 0 spiro atoms. The average Bonchev–Trinajstić information content (AvgIpc) is 4.00. The quantitative estimate of drug-likeness (QED) is 0.184. The highest BCUT2D eigenvalue weighted by atomic mass is 79.9. The Morgan fingerprint density at radius 1 is 0.268 bits per heavy atom. The first-order chi connectivity index (χ1) is 27.1. The van der Waals surface area contributed by atoms with Gasteiger partial charge in [0.15, 0.2) is 0 Å². The van der Waals surface area contributed by atoms with Gasteiger partial charge in [-0.1, -0.05) is 152 Å². The molecule has 9 rings (SSSR count). The van der Waals surface area contributed by atoms with Crippen LogP contribution in [0.15, 0.2) is 133 Å². The Bertz CT molecular complexity index is 2550. The van der Waals surface area contributed by atoms with Crippen LogP contribution in [0.3, 0.4) is 0 Å². The van der Waals surface area contributed by atoms with Gasteiger partial charge in [-0.05, 0) is 97.1 Å². The summed E-state index contributed by atoms with van der Waals surface area (Å²) in [5.41, 5.74) is 14.5. The molecule has 0 aliphatic carbocycles. The number of fused-ring (bicyclic) bond motifs is 8. The maximum Gasteiger partial charge on any atom is 0.0738 e. The Labute approximate surface area is 389 Å². The van der Waals surface area contributed by atoms with Crippen LogP contribution in [0.5, 0.6) is 0 Å². The summed E-state index contributed by atoms with van der Waals surface area (Å²) in [7, 11) is 0. The van der Waals surface area contributed by atoms with E-state index in [0.29, 0.717) is 0 Å². The highest BCUT2D eigenvalue weighted by molar-refractivity contribution is 9.12. The van der Waals surface area contributed by atoms with Crippen LogP contribution in [0.25, 0.3) is 90.9 Å². The van der Waals surface area contributed by atoms with Gasteiger partial charge in [0.2, 0.25) is 0 Å². The van der Waals surface area contributed by atoms with Crippen molar-refractivity contribution in [2.75, 3.05) is 0 Å². The molecule has 0 saturated heterocycles. The van der Waals surface area contributed by atoms with Crippen LogP contribution >= 0.6 is 127 Å². The van der Waals surface area contributed by atoms with Gasteiger partial charge in [0.1, 0.15) is 0 Å². The van der Waals surface area contributed by atoms with Gasteiger partial charge in [-0.15, -0.1) is 0 Å². The van der Waals surface area contributed by atoms with Gasteiger partial charge in [0, 0.05) is 102 Å². The van der Waals surface area contributed by atoms with E-state index >= 15 is 0 Å². The Hall–Kier alpha value is -2.68. The van der Waals surface area contributed by atoms with Gasteiger partial charge in [0.25, 0.3) is 0 Å². The SMILES string of the molecule is Brc1cccc(Br)c1-c1c2nc(c(-c3c(Br)cccc3Br)c3ccc([nH]3)c(-c3c(Br)cccc3Br)c3nc(c(-c4c(Br)cccc4Br)c4ccc1[nH]4)C=C3)C=C2. The number of aromatic amines is 2. The van der Waals surface area contributed by atoms with Crippen molar-refractivity contribution >= 4 is 174 Å². The summed E-state index contributed by atoms with van der Waals surface area (Å²) in [6.07, 6.45) is 8.39. The molecule has 0 unspecified atom stereocenters. The summed E-state index contributed by atoms with van der Waals surface area (Å²) in [4.78, 5) is 18.6. The molecule has 2 aliphatic heterocycles. The molecule has 0 saturated carbocycles. The number of hydrogen-bond acceptors (Lipinski definition) is 2.